The molecule has 5 heteroatoms. The Morgan fingerprint density at radius 2 is 2.05 bits per heavy atom. The Balaban J connectivity index is 2.16. The summed E-state index contributed by atoms with van der Waals surface area (Å²) in [6.45, 7) is 6.08. The maximum atomic E-state index is 12.4. The van der Waals surface area contributed by atoms with Gasteiger partial charge in [-0.3, -0.25) is 4.90 Å². The van der Waals surface area contributed by atoms with Crippen molar-refractivity contribution in [2.45, 2.75) is 63.8 Å². The van der Waals surface area contributed by atoms with E-state index in [1.807, 2.05) is 20.8 Å². The minimum atomic E-state index is -0.518. The van der Waals surface area contributed by atoms with Gasteiger partial charge in [-0.1, -0.05) is 0 Å². The van der Waals surface area contributed by atoms with Gasteiger partial charge in [0, 0.05) is 7.11 Å². The van der Waals surface area contributed by atoms with Gasteiger partial charge in [0.25, 0.3) is 0 Å². The summed E-state index contributed by atoms with van der Waals surface area (Å²) >= 11 is 0. The first-order valence-corrected chi connectivity index (χ1v) is 7.02. The van der Waals surface area contributed by atoms with E-state index >= 15 is 0 Å². The highest BCUT2D eigenvalue weighted by Gasteiger charge is 2.49. The van der Waals surface area contributed by atoms with E-state index in [1.165, 1.54) is 0 Å². The zero-order valence-electron chi connectivity index (χ0n) is 12.3. The summed E-state index contributed by atoms with van der Waals surface area (Å²) in [5.41, 5.74) is -0.518. The summed E-state index contributed by atoms with van der Waals surface area (Å²) in [4.78, 5) is 14.1. The van der Waals surface area contributed by atoms with Crippen molar-refractivity contribution >= 4 is 6.09 Å². The molecule has 0 aromatic carbocycles. The molecule has 1 aliphatic carbocycles. The van der Waals surface area contributed by atoms with Crippen LogP contribution in [-0.2, 0) is 9.47 Å². The molecule has 2 heterocycles. The lowest BCUT2D eigenvalue weighted by atomic mass is 9.73. The quantitative estimate of drug-likeness (QED) is 0.831. The minimum Gasteiger partial charge on any atom is -0.444 e. The number of hydrogen-bond donors (Lipinski definition) is 1. The highest BCUT2D eigenvalue weighted by atomic mass is 16.6. The molecule has 1 saturated carbocycles. The van der Waals surface area contributed by atoms with Crippen LogP contribution < -0.4 is 0 Å². The van der Waals surface area contributed by atoms with Crippen molar-refractivity contribution in [3.05, 3.63) is 0 Å². The molecular weight excluding hydrogens is 246 g/mol. The van der Waals surface area contributed by atoms with Gasteiger partial charge in [0.1, 0.15) is 5.60 Å². The number of carbonyl (C=O) groups excluding carboxylic acids is 1. The van der Waals surface area contributed by atoms with Crippen molar-refractivity contribution in [3.63, 3.8) is 0 Å². The number of rotatable bonds is 2. The van der Waals surface area contributed by atoms with E-state index in [4.69, 9.17) is 9.47 Å². The second-order valence-corrected chi connectivity index (χ2v) is 6.62. The topological polar surface area (TPSA) is 59.0 Å². The fourth-order valence-corrected chi connectivity index (χ4v) is 3.28. The molecular formula is C14H25NO4. The molecule has 0 radical (unpaired) electrons. The maximum Gasteiger partial charge on any atom is 0.410 e. The summed E-state index contributed by atoms with van der Waals surface area (Å²) in [6, 6.07) is -0.0954. The number of hydrogen-bond acceptors (Lipinski definition) is 4. The van der Waals surface area contributed by atoms with Crippen molar-refractivity contribution < 1.29 is 19.4 Å². The number of piperidine rings is 2. The van der Waals surface area contributed by atoms with E-state index in [-0.39, 0.29) is 18.2 Å². The van der Waals surface area contributed by atoms with Crippen LogP contribution in [0, 0.1) is 5.92 Å². The molecule has 2 aliphatic heterocycles. The smallest absolute Gasteiger partial charge is 0.410 e. The molecule has 4 atom stereocenters. The lowest BCUT2D eigenvalue weighted by Crippen LogP contribution is -2.64. The van der Waals surface area contributed by atoms with Crippen molar-refractivity contribution in [3.8, 4) is 0 Å². The predicted octanol–water partition coefficient (Wildman–Crippen LogP) is 1.78. The van der Waals surface area contributed by atoms with Gasteiger partial charge in [-0.2, -0.15) is 0 Å². The van der Waals surface area contributed by atoms with Crippen molar-refractivity contribution in [1.29, 1.82) is 0 Å². The molecule has 5 nitrogen and oxygen atoms in total. The van der Waals surface area contributed by atoms with Crippen LogP contribution in [0.15, 0.2) is 0 Å². The number of nitrogens with zero attached hydrogens (tertiary/aromatic N) is 1. The highest BCUT2D eigenvalue weighted by molar-refractivity contribution is 5.69. The molecule has 0 spiro atoms. The van der Waals surface area contributed by atoms with Crippen molar-refractivity contribution in [1.82, 2.24) is 4.90 Å². The number of methoxy groups -OCH3 is 1. The largest absolute Gasteiger partial charge is 0.444 e. The summed E-state index contributed by atoms with van der Waals surface area (Å²) in [5.74, 6) is 0.312. The molecule has 2 saturated heterocycles. The average molecular weight is 271 g/mol. The van der Waals surface area contributed by atoms with Gasteiger partial charge < -0.3 is 14.6 Å². The molecule has 3 rings (SSSR count). The van der Waals surface area contributed by atoms with Gasteiger partial charge in [0.05, 0.1) is 24.8 Å². The van der Waals surface area contributed by atoms with E-state index < -0.39 is 11.7 Å². The minimum absolute atomic E-state index is 0.0296. The van der Waals surface area contributed by atoms with Crippen LogP contribution in [0.4, 0.5) is 4.79 Å². The monoisotopic (exact) mass is 271 g/mol. The van der Waals surface area contributed by atoms with Crippen LogP contribution in [-0.4, -0.2) is 53.6 Å². The predicted molar refractivity (Wildman–Crippen MR) is 70.9 cm³/mol. The molecule has 2 bridgehead atoms. The first-order valence-electron chi connectivity index (χ1n) is 7.02. The Kier molecular flexibility index (Phi) is 4.06. The summed E-state index contributed by atoms with van der Waals surface area (Å²) in [5, 5.41) is 10.1. The molecule has 1 N–H and O–H groups in total. The van der Waals surface area contributed by atoms with Gasteiger partial charge in [0.2, 0.25) is 0 Å². The Labute approximate surface area is 114 Å². The zero-order chi connectivity index (χ0) is 14.2. The van der Waals surface area contributed by atoms with Gasteiger partial charge >= 0.3 is 6.09 Å². The van der Waals surface area contributed by atoms with Crippen molar-refractivity contribution in [2.75, 3.05) is 13.7 Å². The van der Waals surface area contributed by atoms with Crippen LogP contribution in [0.1, 0.15) is 40.0 Å². The third-order valence-corrected chi connectivity index (χ3v) is 4.02. The standard InChI is InChI=1S/C14H25NO4/c1-14(2,3)19-13(17)15-10-6-5-9(7-12(10)16)11(15)8-18-4/h9-12,16H,5-8H2,1-4H3. The maximum absolute atomic E-state index is 12.4. The average Bonchev–Trinajstić information content (AvgIpc) is 2.28. The number of ether oxygens (including phenoxy) is 2. The number of amides is 1. The Morgan fingerprint density at radius 3 is 2.58 bits per heavy atom. The molecule has 19 heavy (non-hydrogen) atoms. The van der Waals surface area contributed by atoms with E-state index in [2.05, 4.69) is 0 Å². The Morgan fingerprint density at radius 1 is 1.37 bits per heavy atom. The molecule has 4 unspecified atom stereocenters. The Bertz CT molecular complexity index is 339. The van der Waals surface area contributed by atoms with E-state index in [0.717, 1.165) is 19.3 Å². The number of aliphatic hydroxyl groups is 1. The number of fused-ring (bicyclic) bond motifs is 3. The molecule has 3 fully saturated rings. The number of aliphatic hydroxyl groups excluding tert-OH is 1. The summed E-state index contributed by atoms with van der Waals surface area (Å²) in [7, 11) is 1.64. The lowest BCUT2D eigenvalue weighted by Gasteiger charge is -2.53. The van der Waals surface area contributed by atoms with E-state index in [1.54, 1.807) is 12.0 Å². The summed E-state index contributed by atoms with van der Waals surface area (Å²) < 4.78 is 10.7. The van der Waals surface area contributed by atoms with Gasteiger partial charge in [-0.15, -0.1) is 0 Å². The van der Waals surface area contributed by atoms with E-state index in [9.17, 15) is 9.90 Å². The molecule has 3 aliphatic rings. The van der Waals surface area contributed by atoms with Crippen LogP contribution in [0.2, 0.25) is 0 Å². The van der Waals surface area contributed by atoms with Crippen LogP contribution in [0.3, 0.4) is 0 Å². The summed E-state index contributed by atoms with van der Waals surface area (Å²) in [6.07, 6.45) is 1.90. The molecule has 1 amide bonds. The highest BCUT2D eigenvalue weighted by Crippen LogP contribution is 2.40. The third kappa shape index (κ3) is 3.03. The zero-order valence-corrected chi connectivity index (χ0v) is 12.3. The van der Waals surface area contributed by atoms with Crippen LogP contribution >= 0.6 is 0 Å². The van der Waals surface area contributed by atoms with Crippen molar-refractivity contribution in [2.24, 2.45) is 5.92 Å². The normalized spacial score (nSPS) is 34.5. The lowest BCUT2D eigenvalue weighted by molar-refractivity contribution is -0.107. The third-order valence-electron chi connectivity index (χ3n) is 4.02. The first-order chi connectivity index (χ1) is 8.83. The van der Waals surface area contributed by atoms with Crippen LogP contribution in [0.5, 0.6) is 0 Å². The fourth-order valence-electron chi connectivity index (χ4n) is 3.28. The first kappa shape index (κ1) is 14.6. The second-order valence-electron chi connectivity index (χ2n) is 6.62. The molecule has 0 aromatic rings. The van der Waals surface area contributed by atoms with E-state index in [0.29, 0.717) is 12.5 Å². The molecule has 0 aromatic heterocycles. The van der Waals surface area contributed by atoms with Gasteiger partial charge in [-0.05, 0) is 46.0 Å². The number of carbonyl (C=O) groups is 1. The van der Waals surface area contributed by atoms with Gasteiger partial charge in [-0.25, -0.2) is 4.79 Å². The SMILES string of the molecule is COCC1C2CCC(C(O)C2)N1C(=O)OC(C)(C)C. The van der Waals surface area contributed by atoms with Crippen LogP contribution in [0.25, 0.3) is 0 Å². The Hall–Kier alpha value is -0.810. The molecule has 110 valence electrons. The second kappa shape index (κ2) is 5.29. The fraction of sp³-hybridized carbons (Fsp3) is 0.929. The van der Waals surface area contributed by atoms with Gasteiger partial charge in [0.15, 0.2) is 0 Å².